The third-order valence-electron chi connectivity index (χ3n) is 0.960. The smallest absolute Gasteiger partial charge is 0.176 e. The van der Waals surface area contributed by atoms with Gasteiger partial charge in [0.05, 0.1) is 8.07 Å². The summed E-state index contributed by atoms with van der Waals surface area (Å²) in [7, 11) is -0.972. The summed E-state index contributed by atoms with van der Waals surface area (Å²) in [5.41, 5.74) is 0. The minimum atomic E-state index is -0.972. The number of thioether (sulfide) groups is 1. The highest BCUT2D eigenvalue weighted by atomic mass is 32.2. The molecule has 11 heavy (non-hydrogen) atoms. The lowest BCUT2D eigenvalue weighted by molar-refractivity contribution is 0.881. The molecule has 0 radical (unpaired) electrons. The lowest BCUT2D eigenvalue weighted by atomic mass is 11.4. The van der Waals surface area contributed by atoms with Gasteiger partial charge in [0.1, 0.15) is 0 Å². The average molecular weight is 188 g/mol. The summed E-state index contributed by atoms with van der Waals surface area (Å²) < 4.78 is 0. The molecule has 1 N–H and O–H groups in total. The molecule has 0 saturated heterocycles. The van der Waals surface area contributed by atoms with Gasteiger partial charge in [0.15, 0.2) is 0 Å². The topological polar surface area (TPSA) is 54.5 Å². The zero-order chi connectivity index (χ0) is 8.32. The first-order valence-corrected chi connectivity index (χ1v) is 8.13. The number of rotatable bonds is 3. The van der Waals surface area contributed by atoms with Gasteiger partial charge in [0.25, 0.3) is 0 Å². The van der Waals surface area contributed by atoms with Crippen molar-refractivity contribution in [1.29, 1.82) is 0 Å². The maximum Gasteiger partial charge on any atom is 0.230 e. The van der Waals surface area contributed by atoms with Gasteiger partial charge in [-0.1, -0.05) is 31.4 Å². The maximum absolute atomic E-state index is 3.86. The fourth-order valence-electron chi connectivity index (χ4n) is 0.495. The number of aromatic amines is 1. The van der Waals surface area contributed by atoms with Crippen LogP contribution < -0.4 is 0 Å². The molecule has 1 rings (SSSR count). The van der Waals surface area contributed by atoms with Gasteiger partial charge in [-0.25, -0.2) is 0 Å². The van der Waals surface area contributed by atoms with Crippen molar-refractivity contribution in [3.8, 4) is 0 Å². The summed E-state index contributed by atoms with van der Waals surface area (Å²) in [5.74, 6) is 0. The van der Waals surface area contributed by atoms with Crippen LogP contribution in [0.1, 0.15) is 0 Å². The van der Waals surface area contributed by atoms with Crippen LogP contribution in [-0.4, -0.2) is 34.1 Å². The Kier molecular flexibility index (Phi) is 2.66. The fourth-order valence-corrected chi connectivity index (χ4v) is 2.95. The first-order valence-electron chi connectivity index (χ1n) is 3.44. The zero-order valence-corrected chi connectivity index (χ0v) is 8.77. The molecule has 62 valence electrons. The molecule has 0 aliphatic carbocycles. The Balaban J connectivity index is 2.35. The second kappa shape index (κ2) is 3.36. The average Bonchev–Trinajstić information content (AvgIpc) is 2.32. The van der Waals surface area contributed by atoms with E-state index in [1.165, 1.54) is 0 Å². The Morgan fingerprint density at radius 2 is 2.18 bits per heavy atom. The van der Waals surface area contributed by atoms with E-state index in [9.17, 15) is 0 Å². The van der Waals surface area contributed by atoms with Gasteiger partial charge >= 0.3 is 0 Å². The number of nitrogens with one attached hydrogen (secondary N) is 1. The van der Waals surface area contributed by atoms with Crippen LogP contribution in [0.3, 0.4) is 0 Å². The normalized spacial score (nSPS) is 11.9. The second-order valence-electron chi connectivity index (χ2n) is 3.54. The van der Waals surface area contributed by atoms with Gasteiger partial charge in [-0.05, 0) is 10.6 Å². The number of hydrogen-bond donors (Lipinski definition) is 1. The minimum absolute atomic E-state index is 0.757. The van der Waals surface area contributed by atoms with Crippen molar-refractivity contribution in [3.05, 3.63) is 0 Å². The fraction of sp³-hybridized carbons (Fsp3) is 0.800. The SMILES string of the molecule is C[Si](C)(C)CSc1nn[nH]n1. The van der Waals surface area contributed by atoms with Gasteiger partial charge in [-0.3, -0.25) is 0 Å². The molecule has 0 amide bonds. The summed E-state index contributed by atoms with van der Waals surface area (Å²) >= 11 is 1.68. The summed E-state index contributed by atoms with van der Waals surface area (Å²) in [6, 6.07) is 0. The van der Waals surface area contributed by atoms with Gasteiger partial charge < -0.3 is 0 Å². The van der Waals surface area contributed by atoms with Crippen LogP contribution in [0.4, 0.5) is 0 Å². The second-order valence-corrected chi connectivity index (χ2v) is 10.5. The number of aromatic nitrogens is 4. The van der Waals surface area contributed by atoms with Crippen molar-refractivity contribution in [2.75, 3.05) is 5.38 Å². The first kappa shape index (κ1) is 8.73. The van der Waals surface area contributed by atoms with Gasteiger partial charge in [-0.2, -0.15) is 5.21 Å². The molecule has 6 heteroatoms. The van der Waals surface area contributed by atoms with Crippen molar-refractivity contribution < 1.29 is 0 Å². The Morgan fingerprint density at radius 1 is 1.45 bits per heavy atom. The lowest BCUT2D eigenvalue weighted by Gasteiger charge is -2.12. The summed E-state index contributed by atoms with van der Waals surface area (Å²) in [6.07, 6.45) is 0. The Labute approximate surface area is 71.2 Å². The van der Waals surface area contributed by atoms with Crippen LogP contribution in [0.25, 0.3) is 0 Å². The molecule has 0 aliphatic heterocycles. The van der Waals surface area contributed by atoms with E-state index in [0.29, 0.717) is 0 Å². The van der Waals surface area contributed by atoms with E-state index in [0.717, 1.165) is 10.5 Å². The number of nitrogens with zero attached hydrogens (tertiary/aromatic N) is 3. The molecule has 1 aromatic heterocycles. The predicted molar refractivity (Wildman–Crippen MR) is 48.2 cm³/mol. The monoisotopic (exact) mass is 188 g/mol. The van der Waals surface area contributed by atoms with Crippen molar-refractivity contribution in [1.82, 2.24) is 20.6 Å². The maximum atomic E-state index is 3.86. The molecule has 0 fully saturated rings. The molecule has 1 heterocycles. The van der Waals surface area contributed by atoms with Gasteiger partial charge in [0, 0.05) is 0 Å². The van der Waals surface area contributed by atoms with E-state index >= 15 is 0 Å². The first-order chi connectivity index (χ1) is 5.08. The molecule has 4 nitrogen and oxygen atoms in total. The lowest BCUT2D eigenvalue weighted by Crippen LogP contribution is -2.23. The standard InChI is InChI=1S/C5H12N4SSi/c1-11(2,3)4-10-5-6-8-9-7-5/h4H2,1-3H3,(H,6,7,8,9). The minimum Gasteiger partial charge on any atom is -0.176 e. The zero-order valence-electron chi connectivity index (χ0n) is 6.96. The quantitative estimate of drug-likeness (QED) is 0.571. The van der Waals surface area contributed by atoms with E-state index in [4.69, 9.17) is 0 Å². The molecular weight excluding hydrogens is 176 g/mol. The van der Waals surface area contributed by atoms with Crippen molar-refractivity contribution in [2.24, 2.45) is 0 Å². The summed E-state index contributed by atoms with van der Waals surface area (Å²) in [4.78, 5) is 0. The van der Waals surface area contributed by atoms with Crippen LogP contribution in [-0.2, 0) is 0 Å². The molecule has 0 spiro atoms. The Bertz CT molecular complexity index is 205. The van der Waals surface area contributed by atoms with E-state index < -0.39 is 8.07 Å². The van der Waals surface area contributed by atoms with Crippen LogP contribution in [0.2, 0.25) is 19.6 Å². The summed E-state index contributed by atoms with van der Waals surface area (Å²) in [6.45, 7) is 6.96. The third kappa shape index (κ3) is 3.52. The molecule has 0 aliphatic rings. The highest BCUT2D eigenvalue weighted by Gasteiger charge is 2.14. The predicted octanol–water partition coefficient (Wildman–Crippen LogP) is 1.17. The van der Waals surface area contributed by atoms with Crippen molar-refractivity contribution in [3.63, 3.8) is 0 Å². The largest absolute Gasteiger partial charge is 0.230 e. The highest BCUT2D eigenvalue weighted by Crippen LogP contribution is 2.16. The Hall–Kier alpha value is -0.363. The van der Waals surface area contributed by atoms with Crippen LogP contribution >= 0.6 is 11.8 Å². The number of H-pyrrole nitrogens is 1. The van der Waals surface area contributed by atoms with Crippen LogP contribution in [0.5, 0.6) is 0 Å². The Morgan fingerprint density at radius 3 is 2.64 bits per heavy atom. The molecular formula is C5H12N4SSi. The van der Waals surface area contributed by atoms with Crippen molar-refractivity contribution >= 4 is 19.8 Å². The number of tetrazole rings is 1. The van der Waals surface area contributed by atoms with Crippen LogP contribution in [0, 0.1) is 0 Å². The van der Waals surface area contributed by atoms with E-state index in [2.05, 4.69) is 40.3 Å². The molecule has 0 atom stereocenters. The number of hydrogen-bond acceptors (Lipinski definition) is 4. The van der Waals surface area contributed by atoms with E-state index in [1.54, 1.807) is 11.8 Å². The molecule has 1 aromatic rings. The summed E-state index contributed by atoms with van der Waals surface area (Å²) in [5, 5.41) is 15.5. The molecule has 0 unspecified atom stereocenters. The molecule has 0 bridgehead atoms. The van der Waals surface area contributed by atoms with Gasteiger partial charge in [0.2, 0.25) is 5.16 Å². The third-order valence-corrected chi connectivity index (χ3v) is 5.43. The van der Waals surface area contributed by atoms with Crippen LogP contribution in [0.15, 0.2) is 5.16 Å². The van der Waals surface area contributed by atoms with Gasteiger partial charge in [-0.15, -0.1) is 10.2 Å². The van der Waals surface area contributed by atoms with E-state index in [1.807, 2.05) is 0 Å². The molecule has 0 aromatic carbocycles. The van der Waals surface area contributed by atoms with E-state index in [-0.39, 0.29) is 0 Å². The molecule has 0 saturated carbocycles. The highest BCUT2D eigenvalue weighted by molar-refractivity contribution is 8.00. The van der Waals surface area contributed by atoms with Crippen molar-refractivity contribution in [2.45, 2.75) is 24.8 Å².